The molecule has 13 heteroatoms. The van der Waals surface area contributed by atoms with Crippen LogP contribution >= 0.6 is 23.5 Å². The maximum absolute atomic E-state index is 12.7. The highest BCUT2D eigenvalue weighted by Gasteiger charge is 2.27. The average molecular weight is 478 g/mol. The number of rotatable bonds is 15. The van der Waals surface area contributed by atoms with Crippen LogP contribution in [0.2, 0.25) is 0 Å². The summed E-state index contributed by atoms with van der Waals surface area (Å²) in [5, 5.41) is 7.39. The second kappa shape index (κ2) is 16.4. The minimum absolute atomic E-state index is 0.304. The highest BCUT2D eigenvalue weighted by molar-refractivity contribution is 7.98. The fourth-order valence-corrected chi connectivity index (χ4v) is 3.09. The summed E-state index contributed by atoms with van der Waals surface area (Å²) in [6.07, 6.45) is 6.34. The van der Waals surface area contributed by atoms with Gasteiger partial charge in [0, 0.05) is 18.7 Å². The van der Waals surface area contributed by atoms with Gasteiger partial charge in [-0.1, -0.05) is 0 Å². The largest absolute Gasteiger partial charge is 0.466 e. The lowest BCUT2D eigenvalue weighted by atomic mass is 10.1. The molecule has 0 aromatic heterocycles. The van der Waals surface area contributed by atoms with Crippen molar-refractivity contribution in [3.63, 3.8) is 0 Å². The van der Waals surface area contributed by atoms with Crippen molar-refractivity contribution in [1.82, 2.24) is 16.0 Å². The van der Waals surface area contributed by atoms with Crippen LogP contribution < -0.4 is 27.4 Å². The van der Waals surface area contributed by atoms with Gasteiger partial charge in [0.15, 0.2) is 0 Å². The van der Waals surface area contributed by atoms with E-state index in [1.807, 2.05) is 12.5 Å². The Hall–Kier alpha value is -2.25. The minimum atomic E-state index is -1.22. The van der Waals surface area contributed by atoms with Crippen molar-refractivity contribution in [2.75, 3.05) is 37.7 Å². The number of hydrogen-bond donors (Lipinski definition) is 5. The van der Waals surface area contributed by atoms with Crippen LogP contribution in [0.5, 0.6) is 0 Å². The van der Waals surface area contributed by atoms with Crippen LogP contribution in [-0.2, 0) is 28.7 Å². The van der Waals surface area contributed by atoms with Gasteiger partial charge in [-0.15, -0.1) is 0 Å². The molecule has 31 heavy (non-hydrogen) atoms. The normalized spacial score (nSPS) is 13.7. The Balaban J connectivity index is 5.00. The van der Waals surface area contributed by atoms with Crippen LogP contribution in [0.15, 0.2) is 12.2 Å². The number of ether oxygens (including phenoxy) is 1. The number of amides is 4. The number of carbonyl (C=O) groups is 5. The van der Waals surface area contributed by atoms with Gasteiger partial charge in [0.1, 0.15) is 12.1 Å². The molecule has 0 fully saturated rings. The van der Waals surface area contributed by atoms with Gasteiger partial charge in [0.05, 0.1) is 13.2 Å². The van der Waals surface area contributed by atoms with Crippen molar-refractivity contribution in [3.05, 3.63) is 12.2 Å². The van der Waals surface area contributed by atoms with E-state index in [4.69, 9.17) is 11.5 Å². The predicted molar refractivity (Wildman–Crippen MR) is 121 cm³/mol. The molecule has 3 atom stereocenters. The number of esters is 1. The van der Waals surface area contributed by atoms with Gasteiger partial charge in [-0.3, -0.25) is 19.2 Å². The Morgan fingerprint density at radius 3 is 2.06 bits per heavy atom. The van der Waals surface area contributed by atoms with E-state index in [0.29, 0.717) is 24.3 Å². The first-order valence-corrected chi connectivity index (χ1v) is 12.1. The lowest BCUT2D eigenvalue weighted by Gasteiger charge is -2.23. The van der Waals surface area contributed by atoms with Gasteiger partial charge in [0.25, 0.3) is 0 Å². The molecule has 0 saturated carbocycles. The van der Waals surface area contributed by atoms with E-state index in [0.717, 1.165) is 19.3 Å². The molecule has 0 aromatic carbocycles. The molecule has 0 aliphatic rings. The first-order valence-electron chi connectivity index (χ1n) is 9.33. The van der Waals surface area contributed by atoms with Gasteiger partial charge < -0.3 is 32.2 Å². The summed E-state index contributed by atoms with van der Waals surface area (Å²) in [5.41, 5.74) is 11.2. The molecule has 0 heterocycles. The molecule has 176 valence electrons. The summed E-state index contributed by atoms with van der Waals surface area (Å²) in [5.74, 6) is -2.10. The number of nitrogens with one attached hydrogen (secondary N) is 3. The van der Waals surface area contributed by atoms with Crippen molar-refractivity contribution in [1.29, 1.82) is 0 Å². The van der Waals surface area contributed by atoms with Crippen LogP contribution in [0.3, 0.4) is 0 Å². The summed E-state index contributed by atoms with van der Waals surface area (Å²) in [4.78, 5) is 59.4. The quantitative estimate of drug-likeness (QED) is 0.133. The zero-order valence-electron chi connectivity index (χ0n) is 17.8. The van der Waals surface area contributed by atoms with E-state index in [2.05, 4.69) is 20.7 Å². The number of nitrogens with two attached hydrogens (primary N) is 2. The van der Waals surface area contributed by atoms with Gasteiger partial charge in [-0.05, 0) is 36.9 Å². The van der Waals surface area contributed by atoms with Crippen LogP contribution in [0.25, 0.3) is 0 Å². The van der Waals surface area contributed by atoms with Crippen LogP contribution in [0.4, 0.5) is 0 Å². The van der Waals surface area contributed by atoms with Gasteiger partial charge in [0.2, 0.25) is 23.6 Å². The first-order chi connectivity index (χ1) is 14.7. The standard InChI is InChI=1S/C18H31N5O6S2/c1-29-15(25)5-4-14(24)21-10-13(16(20)26)23-18(28)12(7-9-31-3)22-17(27)11(19)6-8-30-2/h4-5,11-13H,6-10,19H2,1-3H3,(H2,20,26)(H,21,24)(H,22,27)(H,23,28)/b5-4+/t11-,12-,13-/m0/s1. The third-order valence-electron chi connectivity index (χ3n) is 3.93. The molecule has 0 unspecified atom stereocenters. The Morgan fingerprint density at radius 1 is 0.935 bits per heavy atom. The van der Waals surface area contributed by atoms with Crippen molar-refractivity contribution in [3.8, 4) is 0 Å². The molecule has 0 radical (unpaired) electrons. The van der Waals surface area contributed by atoms with Crippen LogP contribution in [0, 0.1) is 0 Å². The van der Waals surface area contributed by atoms with Crippen molar-refractivity contribution >= 4 is 53.1 Å². The molecule has 0 aromatic rings. The Kier molecular flexibility index (Phi) is 15.3. The topological polar surface area (TPSA) is 183 Å². The molecule has 4 amide bonds. The van der Waals surface area contributed by atoms with E-state index in [1.165, 1.54) is 11.8 Å². The number of thioether (sulfide) groups is 2. The van der Waals surface area contributed by atoms with E-state index in [1.54, 1.807) is 11.8 Å². The summed E-state index contributed by atoms with van der Waals surface area (Å²) in [6, 6.07) is -2.90. The maximum Gasteiger partial charge on any atom is 0.330 e. The molecular formula is C18H31N5O6S2. The van der Waals surface area contributed by atoms with E-state index in [9.17, 15) is 24.0 Å². The smallest absolute Gasteiger partial charge is 0.330 e. The molecule has 0 aliphatic carbocycles. The number of carbonyl (C=O) groups excluding carboxylic acids is 5. The first kappa shape index (κ1) is 28.8. The maximum atomic E-state index is 12.7. The summed E-state index contributed by atoms with van der Waals surface area (Å²) in [7, 11) is 1.16. The molecule has 0 bridgehead atoms. The minimum Gasteiger partial charge on any atom is -0.466 e. The lowest BCUT2D eigenvalue weighted by molar-refractivity contribution is -0.135. The highest BCUT2D eigenvalue weighted by Crippen LogP contribution is 2.04. The molecule has 7 N–H and O–H groups in total. The zero-order chi connectivity index (χ0) is 23.8. The van der Waals surface area contributed by atoms with Crippen LogP contribution in [0.1, 0.15) is 12.8 Å². The van der Waals surface area contributed by atoms with Gasteiger partial charge in [-0.2, -0.15) is 23.5 Å². The Labute approximate surface area is 190 Å². The summed E-state index contributed by atoms with van der Waals surface area (Å²) < 4.78 is 4.36. The fraction of sp³-hybridized carbons (Fsp3) is 0.611. The van der Waals surface area contributed by atoms with Crippen LogP contribution in [-0.4, -0.2) is 85.4 Å². The summed E-state index contributed by atoms with van der Waals surface area (Å²) >= 11 is 3.04. The van der Waals surface area contributed by atoms with E-state index >= 15 is 0 Å². The van der Waals surface area contributed by atoms with E-state index < -0.39 is 47.7 Å². The molecular weight excluding hydrogens is 446 g/mol. The second-order valence-corrected chi connectivity index (χ2v) is 8.27. The zero-order valence-corrected chi connectivity index (χ0v) is 19.5. The van der Waals surface area contributed by atoms with Crippen molar-refractivity contribution < 1.29 is 28.7 Å². The number of primary amides is 1. The number of hydrogen-bond acceptors (Lipinski definition) is 9. The predicted octanol–water partition coefficient (Wildman–Crippen LogP) is -1.88. The SMILES string of the molecule is COC(=O)/C=C/C(=O)NC[C@H](NC(=O)[C@H](CCSC)NC(=O)[C@@H](N)CCSC)C(N)=O. The second-order valence-electron chi connectivity index (χ2n) is 6.30. The van der Waals surface area contributed by atoms with Gasteiger partial charge >= 0.3 is 5.97 Å². The molecule has 11 nitrogen and oxygen atoms in total. The molecule has 0 spiro atoms. The monoisotopic (exact) mass is 477 g/mol. The number of methoxy groups -OCH3 is 1. The molecule has 0 aliphatic heterocycles. The lowest BCUT2D eigenvalue weighted by Crippen LogP contribution is -2.57. The third kappa shape index (κ3) is 12.9. The van der Waals surface area contributed by atoms with E-state index in [-0.39, 0.29) is 6.54 Å². The van der Waals surface area contributed by atoms with Crippen molar-refractivity contribution in [2.24, 2.45) is 11.5 Å². The van der Waals surface area contributed by atoms with Gasteiger partial charge in [-0.25, -0.2) is 4.79 Å². The van der Waals surface area contributed by atoms with Crippen molar-refractivity contribution in [2.45, 2.75) is 31.0 Å². The summed E-state index contributed by atoms with van der Waals surface area (Å²) in [6.45, 7) is -0.304. The highest BCUT2D eigenvalue weighted by atomic mass is 32.2. The Morgan fingerprint density at radius 2 is 1.52 bits per heavy atom. The Bertz CT molecular complexity index is 661. The fourth-order valence-electron chi connectivity index (χ4n) is 2.13. The molecule has 0 saturated heterocycles. The molecule has 0 rings (SSSR count). The third-order valence-corrected chi connectivity index (χ3v) is 5.21. The average Bonchev–Trinajstić information content (AvgIpc) is 2.75.